The monoisotopic (exact) mass is 419 g/mol. The number of rotatable bonds is 6. The standard InChI is InChI=1S/C16H14BrN5O2S/c17-11-3-1-2-10(4-11)16-21-12(9-25-16)5-15(24)20-13-6-19-22(7-13)8-14(18)23/h1-4,6-7,9H,5,8H2,(H2,18,23)(H,20,24). The second-order valence-electron chi connectivity index (χ2n) is 5.27. The van der Waals surface area contributed by atoms with Gasteiger partial charge in [0.25, 0.3) is 0 Å². The highest BCUT2D eigenvalue weighted by Gasteiger charge is 2.11. The summed E-state index contributed by atoms with van der Waals surface area (Å²) in [6.45, 7) is -0.0298. The number of hydrogen-bond donors (Lipinski definition) is 2. The molecule has 0 saturated carbocycles. The lowest BCUT2D eigenvalue weighted by atomic mass is 10.2. The largest absolute Gasteiger partial charge is 0.368 e. The molecule has 0 radical (unpaired) electrons. The summed E-state index contributed by atoms with van der Waals surface area (Å²) in [5, 5.41) is 9.40. The van der Waals surface area contributed by atoms with Crippen LogP contribution >= 0.6 is 27.3 Å². The van der Waals surface area contributed by atoms with E-state index in [1.54, 1.807) is 6.20 Å². The van der Waals surface area contributed by atoms with Crippen molar-refractivity contribution in [2.24, 2.45) is 5.73 Å². The van der Waals surface area contributed by atoms with Crippen molar-refractivity contribution in [3.8, 4) is 10.6 Å². The van der Waals surface area contributed by atoms with Gasteiger partial charge in [-0.25, -0.2) is 4.98 Å². The van der Waals surface area contributed by atoms with Gasteiger partial charge in [0.1, 0.15) is 11.6 Å². The predicted molar refractivity (Wildman–Crippen MR) is 99.0 cm³/mol. The molecule has 0 aliphatic carbocycles. The van der Waals surface area contributed by atoms with Gasteiger partial charge in [0.15, 0.2) is 0 Å². The van der Waals surface area contributed by atoms with Crippen molar-refractivity contribution in [1.82, 2.24) is 14.8 Å². The molecule has 2 aromatic heterocycles. The van der Waals surface area contributed by atoms with E-state index in [9.17, 15) is 9.59 Å². The first-order chi connectivity index (χ1) is 12.0. The molecule has 2 amide bonds. The quantitative estimate of drug-likeness (QED) is 0.639. The molecular weight excluding hydrogens is 406 g/mol. The van der Waals surface area contributed by atoms with Gasteiger partial charge in [-0.2, -0.15) is 5.10 Å². The summed E-state index contributed by atoms with van der Waals surface area (Å²) < 4.78 is 2.35. The lowest BCUT2D eigenvalue weighted by Gasteiger charge is -2.00. The topological polar surface area (TPSA) is 103 Å². The maximum Gasteiger partial charge on any atom is 0.239 e. The van der Waals surface area contributed by atoms with Gasteiger partial charge >= 0.3 is 0 Å². The number of nitrogens with one attached hydrogen (secondary N) is 1. The normalized spacial score (nSPS) is 10.6. The Morgan fingerprint density at radius 2 is 2.20 bits per heavy atom. The van der Waals surface area contributed by atoms with Gasteiger partial charge in [-0.15, -0.1) is 11.3 Å². The van der Waals surface area contributed by atoms with E-state index in [0.717, 1.165) is 15.0 Å². The number of aromatic nitrogens is 3. The van der Waals surface area contributed by atoms with Crippen molar-refractivity contribution < 1.29 is 9.59 Å². The van der Waals surface area contributed by atoms with Crippen LogP contribution < -0.4 is 11.1 Å². The fraction of sp³-hybridized carbons (Fsp3) is 0.125. The third-order valence-corrected chi connectivity index (χ3v) is 4.63. The zero-order chi connectivity index (χ0) is 17.8. The molecule has 3 rings (SSSR count). The maximum atomic E-state index is 12.1. The number of halogens is 1. The smallest absolute Gasteiger partial charge is 0.239 e. The van der Waals surface area contributed by atoms with Crippen LogP contribution in [0.5, 0.6) is 0 Å². The number of nitrogens with zero attached hydrogens (tertiary/aromatic N) is 3. The van der Waals surface area contributed by atoms with Gasteiger partial charge in [0.2, 0.25) is 11.8 Å². The van der Waals surface area contributed by atoms with E-state index in [1.165, 1.54) is 22.2 Å². The van der Waals surface area contributed by atoms with E-state index < -0.39 is 5.91 Å². The molecule has 0 aliphatic heterocycles. The minimum absolute atomic E-state index is 0.0298. The summed E-state index contributed by atoms with van der Waals surface area (Å²) in [4.78, 5) is 27.5. The van der Waals surface area contributed by atoms with Gasteiger partial charge in [-0.05, 0) is 12.1 Å². The molecule has 3 N–H and O–H groups in total. The van der Waals surface area contributed by atoms with Crippen molar-refractivity contribution >= 4 is 44.8 Å². The number of carbonyl (C=O) groups excluding carboxylic acids is 2. The summed E-state index contributed by atoms with van der Waals surface area (Å²) in [6, 6.07) is 7.84. The third kappa shape index (κ3) is 4.74. The summed E-state index contributed by atoms with van der Waals surface area (Å²) in [5.74, 6) is -0.701. The molecule has 25 heavy (non-hydrogen) atoms. The Kier molecular flexibility index (Phi) is 5.25. The van der Waals surface area contributed by atoms with E-state index in [2.05, 4.69) is 31.3 Å². The van der Waals surface area contributed by atoms with Crippen molar-refractivity contribution in [2.75, 3.05) is 5.32 Å². The van der Waals surface area contributed by atoms with Crippen molar-refractivity contribution in [1.29, 1.82) is 0 Å². The van der Waals surface area contributed by atoms with Crippen LogP contribution in [0.4, 0.5) is 5.69 Å². The predicted octanol–water partition coefficient (Wildman–Crippen LogP) is 2.44. The number of nitrogens with two attached hydrogens (primary N) is 1. The maximum absolute atomic E-state index is 12.1. The zero-order valence-corrected chi connectivity index (χ0v) is 15.4. The molecule has 0 saturated heterocycles. The summed E-state index contributed by atoms with van der Waals surface area (Å²) in [6.07, 6.45) is 3.18. The van der Waals surface area contributed by atoms with Crippen LogP contribution in [0, 0.1) is 0 Å². The van der Waals surface area contributed by atoms with Crippen LogP contribution in [0.3, 0.4) is 0 Å². The Bertz CT molecular complexity index is 921. The van der Waals surface area contributed by atoms with Gasteiger partial charge in [0.05, 0.1) is 24.0 Å². The van der Waals surface area contributed by atoms with Crippen LogP contribution in [0.1, 0.15) is 5.69 Å². The molecule has 9 heteroatoms. The van der Waals surface area contributed by atoms with E-state index in [1.807, 2.05) is 29.6 Å². The molecule has 0 fully saturated rings. The number of thiazole rings is 1. The molecule has 3 aromatic rings. The van der Waals surface area contributed by atoms with Crippen LogP contribution in [0.25, 0.3) is 10.6 Å². The molecule has 7 nitrogen and oxygen atoms in total. The fourth-order valence-electron chi connectivity index (χ4n) is 2.19. The second-order valence-corrected chi connectivity index (χ2v) is 7.05. The van der Waals surface area contributed by atoms with Crippen LogP contribution in [-0.4, -0.2) is 26.6 Å². The third-order valence-electron chi connectivity index (χ3n) is 3.20. The number of amides is 2. The van der Waals surface area contributed by atoms with Crippen molar-refractivity contribution in [3.63, 3.8) is 0 Å². The van der Waals surface area contributed by atoms with E-state index >= 15 is 0 Å². The highest BCUT2D eigenvalue weighted by Crippen LogP contribution is 2.26. The number of carbonyl (C=O) groups is 2. The lowest BCUT2D eigenvalue weighted by Crippen LogP contribution is -2.19. The van der Waals surface area contributed by atoms with Crippen LogP contribution in [0.15, 0.2) is 46.5 Å². The van der Waals surface area contributed by atoms with Crippen molar-refractivity contribution in [3.05, 3.63) is 52.2 Å². The van der Waals surface area contributed by atoms with E-state index in [-0.39, 0.29) is 18.9 Å². The number of anilines is 1. The average Bonchev–Trinajstić information content (AvgIpc) is 3.16. The van der Waals surface area contributed by atoms with Gasteiger partial charge in [0, 0.05) is 21.6 Å². The van der Waals surface area contributed by atoms with E-state index in [4.69, 9.17) is 5.73 Å². The number of benzene rings is 1. The molecule has 2 heterocycles. The van der Waals surface area contributed by atoms with E-state index in [0.29, 0.717) is 11.4 Å². The van der Waals surface area contributed by atoms with Crippen LogP contribution in [0.2, 0.25) is 0 Å². The van der Waals surface area contributed by atoms with Crippen molar-refractivity contribution in [2.45, 2.75) is 13.0 Å². The average molecular weight is 420 g/mol. The Balaban J connectivity index is 1.62. The summed E-state index contributed by atoms with van der Waals surface area (Å²) in [5.41, 5.74) is 7.30. The van der Waals surface area contributed by atoms with Crippen LogP contribution in [-0.2, 0) is 22.6 Å². The highest BCUT2D eigenvalue weighted by molar-refractivity contribution is 9.10. The first-order valence-corrected chi connectivity index (χ1v) is 8.98. The summed E-state index contributed by atoms with van der Waals surface area (Å²) >= 11 is 4.93. The van der Waals surface area contributed by atoms with Gasteiger partial charge in [-0.1, -0.05) is 28.1 Å². The molecule has 0 aliphatic rings. The zero-order valence-electron chi connectivity index (χ0n) is 13.0. The molecule has 0 atom stereocenters. The molecule has 1 aromatic carbocycles. The Labute approximate surface area is 156 Å². The second kappa shape index (κ2) is 7.58. The highest BCUT2D eigenvalue weighted by atomic mass is 79.9. The SMILES string of the molecule is NC(=O)Cn1cc(NC(=O)Cc2csc(-c3cccc(Br)c3)n2)cn1. The fourth-order valence-corrected chi connectivity index (χ4v) is 3.40. The summed E-state index contributed by atoms with van der Waals surface area (Å²) in [7, 11) is 0. The Hall–Kier alpha value is -2.52. The molecule has 0 spiro atoms. The number of hydrogen-bond acceptors (Lipinski definition) is 5. The minimum atomic E-state index is -0.497. The van der Waals surface area contributed by atoms with Gasteiger partial charge in [-0.3, -0.25) is 14.3 Å². The Morgan fingerprint density at radius 3 is 2.96 bits per heavy atom. The molecule has 0 bridgehead atoms. The molecule has 128 valence electrons. The number of primary amides is 1. The first-order valence-electron chi connectivity index (χ1n) is 7.30. The minimum Gasteiger partial charge on any atom is -0.368 e. The first kappa shape index (κ1) is 17.3. The molecule has 0 unspecified atom stereocenters. The Morgan fingerprint density at radius 1 is 1.36 bits per heavy atom. The lowest BCUT2D eigenvalue weighted by molar-refractivity contribution is -0.118. The molecular formula is C16H14BrN5O2S. The van der Waals surface area contributed by atoms with Gasteiger partial charge < -0.3 is 11.1 Å².